The maximum atomic E-state index is 6.36. The highest BCUT2D eigenvalue weighted by Gasteiger charge is 2.51. The Kier molecular flexibility index (Phi) is 7.95. The lowest BCUT2D eigenvalue weighted by Crippen LogP contribution is -2.62. The largest absolute Gasteiger partial charge is 0.475 e. The van der Waals surface area contributed by atoms with Crippen LogP contribution in [0.1, 0.15) is 11.1 Å². The molecule has 0 amide bonds. The smallest absolute Gasteiger partial charge is 0.266 e. The molecule has 5 atom stereocenters. The quantitative estimate of drug-likeness (QED) is 0.516. The van der Waals surface area contributed by atoms with Gasteiger partial charge in [-0.1, -0.05) is 95.5 Å². The lowest BCUT2D eigenvalue weighted by molar-refractivity contribution is -0.291. The molecule has 0 radical (unpaired) electrons. The van der Waals surface area contributed by atoms with Crippen LogP contribution in [0.3, 0.4) is 0 Å². The van der Waals surface area contributed by atoms with Gasteiger partial charge >= 0.3 is 0 Å². The molecule has 0 bridgehead atoms. The number of fused-ring (bicyclic) bond motifs is 1. The molecule has 6 nitrogen and oxygen atoms in total. The number of hydrogen-bond acceptors (Lipinski definition) is 6. The van der Waals surface area contributed by atoms with Gasteiger partial charge in [-0.3, -0.25) is 0 Å². The number of benzene rings is 2. The van der Waals surface area contributed by atoms with Gasteiger partial charge in [-0.2, -0.15) is 0 Å². The number of alkyl halides is 3. The summed E-state index contributed by atoms with van der Waals surface area (Å²) >= 11 is 18.1. The van der Waals surface area contributed by atoms with Crippen LogP contribution in [-0.4, -0.2) is 54.1 Å². The molecule has 172 valence electrons. The van der Waals surface area contributed by atoms with E-state index in [1.165, 1.54) is 0 Å². The van der Waals surface area contributed by atoms with Gasteiger partial charge in [-0.05, 0) is 11.1 Å². The predicted molar refractivity (Wildman–Crippen MR) is 123 cm³/mol. The Balaban J connectivity index is 1.60. The van der Waals surface area contributed by atoms with E-state index in [2.05, 4.69) is 4.99 Å². The van der Waals surface area contributed by atoms with Gasteiger partial charge in [0.05, 0.1) is 13.2 Å². The summed E-state index contributed by atoms with van der Waals surface area (Å²) in [4.78, 5) is 4.56. The van der Waals surface area contributed by atoms with Gasteiger partial charge in [0.25, 0.3) is 3.79 Å². The van der Waals surface area contributed by atoms with Crippen molar-refractivity contribution >= 4 is 40.7 Å². The molecular formula is C23H24Cl3NO5. The Morgan fingerprint density at radius 3 is 2.00 bits per heavy atom. The number of nitrogens with zero attached hydrogens (tertiary/aromatic N) is 1. The van der Waals surface area contributed by atoms with E-state index in [1.54, 1.807) is 7.11 Å². The monoisotopic (exact) mass is 499 g/mol. The van der Waals surface area contributed by atoms with Crippen molar-refractivity contribution in [3.05, 3.63) is 71.8 Å². The van der Waals surface area contributed by atoms with Crippen LogP contribution in [0, 0.1) is 0 Å². The minimum atomic E-state index is -1.78. The molecule has 2 aromatic carbocycles. The summed E-state index contributed by atoms with van der Waals surface area (Å²) in [5.41, 5.74) is 2.03. The van der Waals surface area contributed by atoms with Crippen LogP contribution in [0.4, 0.5) is 0 Å². The number of rotatable bonds is 7. The second kappa shape index (κ2) is 10.7. The third kappa shape index (κ3) is 5.75. The maximum absolute atomic E-state index is 6.36. The summed E-state index contributed by atoms with van der Waals surface area (Å²) in [5.74, 6) is 0.0123. The molecule has 0 aromatic heterocycles. The second-order valence-electron chi connectivity index (χ2n) is 7.53. The first-order valence-corrected chi connectivity index (χ1v) is 11.4. The van der Waals surface area contributed by atoms with Crippen LogP contribution < -0.4 is 0 Å². The molecule has 0 N–H and O–H groups in total. The third-order valence-corrected chi connectivity index (χ3v) is 5.80. The van der Waals surface area contributed by atoms with Gasteiger partial charge in [0, 0.05) is 7.11 Å². The fraction of sp³-hybridized carbons (Fsp3) is 0.435. The molecule has 0 unspecified atom stereocenters. The minimum Gasteiger partial charge on any atom is -0.475 e. The molecule has 32 heavy (non-hydrogen) atoms. The van der Waals surface area contributed by atoms with Crippen molar-refractivity contribution in [3.63, 3.8) is 0 Å². The van der Waals surface area contributed by atoms with E-state index < -0.39 is 34.4 Å². The summed E-state index contributed by atoms with van der Waals surface area (Å²) in [6.45, 7) is 0.874. The van der Waals surface area contributed by atoms with Gasteiger partial charge in [-0.25, -0.2) is 4.99 Å². The standard InChI is InChI=1S/C23H24Cl3NO5/c1-28-21-20(30-13-16-10-6-3-7-11-16)19(29-12-15-8-4-2-5-9-15)18-17(32-21)14-31-22(27-18)23(24,25)26/h2-11,17-21H,12-14H2,1H3/t17-,18+,19+,20+,21+/m1/s1. The van der Waals surface area contributed by atoms with Crippen molar-refractivity contribution in [2.45, 2.75) is 47.7 Å². The van der Waals surface area contributed by atoms with Gasteiger partial charge in [-0.15, -0.1) is 0 Å². The summed E-state index contributed by atoms with van der Waals surface area (Å²) in [6, 6.07) is 19.2. The Morgan fingerprint density at radius 1 is 0.906 bits per heavy atom. The molecule has 2 heterocycles. The van der Waals surface area contributed by atoms with E-state index in [4.69, 9.17) is 58.5 Å². The average molecular weight is 501 g/mol. The van der Waals surface area contributed by atoms with Gasteiger partial charge < -0.3 is 23.7 Å². The van der Waals surface area contributed by atoms with E-state index in [-0.39, 0.29) is 12.5 Å². The zero-order valence-corrected chi connectivity index (χ0v) is 19.7. The van der Waals surface area contributed by atoms with Crippen molar-refractivity contribution in [2.75, 3.05) is 13.7 Å². The Hall–Kier alpha value is -1.38. The molecule has 0 aliphatic carbocycles. The van der Waals surface area contributed by atoms with Crippen LogP contribution in [0.15, 0.2) is 65.7 Å². The number of ether oxygens (including phenoxy) is 5. The van der Waals surface area contributed by atoms with Crippen molar-refractivity contribution < 1.29 is 23.7 Å². The molecule has 2 aliphatic heterocycles. The predicted octanol–water partition coefficient (Wildman–Crippen LogP) is 4.70. The fourth-order valence-corrected chi connectivity index (χ4v) is 4.07. The van der Waals surface area contributed by atoms with Crippen molar-refractivity contribution in [1.29, 1.82) is 0 Å². The Labute approximate surface area is 202 Å². The summed E-state index contributed by atoms with van der Waals surface area (Å²) < 4.78 is 28.1. The number of methoxy groups -OCH3 is 1. The topological polar surface area (TPSA) is 58.5 Å². The van der Waals surface area contributed by atoms with Crippen LogP contribution in [0.5, 0.6) is 0 Å². The van der Waals surface area contributed by atoms with Gasteiger partial charge in [0.1, 0.15) is 31.0 Å². The molecule has 2 aliphatic rings. The first kappa shape index (κ1) is 23.8. The molecule has 1 fully saturated rings. The molecule has 4 rings (SSSR count). The first-order valence-electron chi connectivity index (χ1n) is 10.2. The van der Waals surface area contributed by atoms with Gasteiger partial charge in [0.2, 0.25) is 5.90 Å². The number of hydrogen-bond donors (Lipinski definition) is 0. The van der Waals surface area contributed by atoms with E-state index >= 15 is 0 Å². The molecule has 9 heteroatoms. The molecule has 0 saturated carbocycles. The van der Waals surface area contributed by atoms with E-state index in [1.807, 2.05) is 60.7 Å². The molecular weight excluding hydrogens is 477 g/mol. The fourth-order valence-electron chi connectivity index (χ4n) is 3.76. The molecule has 2 aromatic rings. The summed E-state index contributed by atoms with van der Waals surface area (Å²) in [7, 11) is 1.57. The summed E-state index contributed by atoms with van der Waals surface area (Å²) in [6.07, 6.45) is -2.19. The van der Waals surface area contributed by atoms with Crippen molar-refractivity contribution in [3.8, 4) is 0 Å². The average Bonchev–Trinajstić information content (AvgIpc) is 2.81. The number of aliphatic imine (C=N–C) groups is 1. The van der Waals surface area contributed by atoms with Crippen molar-refractivity contribution in [1.82, 2.24) is 0 Å². The highest BCUT2D eigenvalue weighted by atomic mass is 35.6. The van der Waals surface area contributed by atoms with Crippen LogP contribution in [0.2, 0.25) is 0 Å². The maximum Gasteiger partial charge on any atom is 0.266 e. The third-order valence-electron chi connectivity index (χ3n) is 5.31. The molecule has 1 saturated heterocycles. The van der Waals surface area contributed by atoms with Crippen LogP contribution in [0.25, 0.3) is 0 Å². The molecule has 0 spiro atoms. The zero-order valence-electron chi connectivity index (χ0n) is 17.4. The first-order chi connectivity index (χ1) is 15.5. The minimum absolute atomic E-state index is 0.0123. The Bertz CT molecular complexity index is 894. The lowest BCUT2D eigenvalue weighted by atomic mass is 9.95. The normalized spacial score (nSPS) is 27.9. The summed E-state index contributed by atoms with van der Waals surface area (Å²) in [5, 5.41) is 0. The Morgan fingerprint density at radius 2 is 1.47 bits per heavy atom. The number of halogens is 3. The SMILES string of the molecule is CO[C@H]1O[C@@H]2COC(C(Cl)(Cl)Cl)=N[C@@H]2[C@H](OCc2ccccc2)[C@@H]1OCc1ccccc1. The van der Waals surface area contributed by atoms with E-state index in [0.29, 0.717) is 13.2 Å². The highest BCUT2D eigenvalue weighted by molar-refractivity contribution is 6.76. The van der Waals surface area contributed by atoms with E-state index in [9.17, 15) is 0 Å². The van der Waals surface area contributed by atoms with Crippen LogP contribution >= 0.6 is 34.8 Å². The van der Waals surface area contributed by atoms with E-state index in [0.717, 1.165) is 11.1 Å². The van der Waals surface area contributed by atoms with Crippen molar-refractivity contribution in [2.24, 2.45) is 4.99 Å². The van der Waals surface area contributed by atoms with Crippen LogP contribution in [-0.2, 0) is 36.9 Å². The lowest BCUT2D eigenvalue weighted by Gasteiger charge is -2.46. The zero-order chi connectivity index (χ0) is 22.6. The van der Waals surface area contributed by atoms with Gasteiger partial charge in [0.15, 0.2) is 6.29 Å². The second-order valence-corrected chi connectivity index (χ2v) is 9.82. The highest BCUT2D eigenvalue weighted by Crippen LogP contribution is 2.36.